The van der Waals surface area contributed by atoms with E-state index in [1.165, 1.54) is 6.08 Å². The van der Waals surface area contributed by atoms with Crippen molar-refractivity contribution in [2.45, 2.75) is 56.1 Å². The van der Waals surface area contributed by atoms with Crippen molar-refractivity contribution in [1.82, 2.24) is 24.8 Å². The van der Waals surface area contributed by atoms with Gasteiger partial charge in [-0.25, -0.2) is 4.39 Å². The van der Waals surface area contributed by atoms with Crippen molar-refractivity contribution in [3.05, 3.63) is 66.1 Å². The number of likely N-dealkylation sites (tertiary alicyclic amines) is 1. The van der Waals surface area contributed by atoms with Crippen molar-refractivity contribution < 1.29 is 13.9 Å². The number of rotatable bonds is 8. The molecule has 3 saturated heterocycles. The summed E-state index contributed by atoms with van der Waals surface area (Å²) in [6.45, 7) is 6.54. The fraction of sp³-hybridized carbons (Fsp3) is 0.400. The number of aromatic nitrogens is 3. The molecule has 0 unspecified atom stereocenters. The molecule has 236 valence electrons. The molecular weight excluding hydrogens is 605 g/mol. The predicted molar refractivity (Wildman–Crippen MR) is 176 cm³/mol. The van der Waals surface area contributed by atoms with Gasteiger partial charge in [-0.15, -0.1) is 0 Å². The Morgan fingerprint density at radius 1 is 1.24 bits per heavy atom. The van der Waals surface area contributed by atoms with Crippen LogP contribution in [-0.4, -0.2) is 81.6 Å². The first-order valence-corrected chi connectivity index (χ1v) is 16.2. The molecule has 46 heavy (non-hydrogen) atoms. The van der Waals surface area contributed by atoms with Crippen molar-refractivity contribution in [2.24, 2.45) is 0 Å². The fourth-order valence-electron chi connectivity index (χ4n) is 7.73. The van der Waals surface area contributed by atoms with Crippen LogP contribution in [0, 0.1) is 17.1 Å². The summed E-state index contributed by atoms with van der Waals surface area (Å²) in [7, 11) is 1.87. The fourth-order valence-corrected chi connectivity index (χ4v) is 8.01. The summed E-state index contributed by atoms with van der Waals surface area (Å²) >= 11 is 6.61. The maximum atomic E-state index is 16.8. The largest absolute Gasteiger partial charge is 0.461 e. The lowest BCUT2D eigenvalue weighted by Gasteiger charge is -2.31. The molecule has 0 bridgehead atoms. The predicted octanol–water partition coefficient (Wildman–Crippen LogP) is 6.15. The van der Waals surface area contributed by atoms with E-state index >= 15 is 4.39 Å². The van der Waals surface area contributed by atoms with Gasteiger partial charge in [-0.3, -0.25) is 14.7 Å². The molecule has 3 aliphatic heterocycles. The highest BCUT2D eigenvalue weighted by Crippen LogP contribution is 2.41. The number of likely N-dealkylation sites (N-methyl/N-ethyl adjacent to an activating group) is 1. The van der Waals surface area contributed by atoms with E-state index in [9.17, 15) is 10.1 Å². The van der Waals surface area contributed by atoms with E-state index in [4.69, 9.17) is 21.3 Å². The molecule has 7 rings (SSSR count). The summed E-state index contributed by atoms with van der Waals surface area (Å²) in [4.78, 5) is 32.9. The molecule has 0 aliphatic carbocycles. The van der Waals surface area contributed by atoms with Crippen LogP contribution < -0.4 is 9.64 Å². The topological polar surface area (TPSA) is 98.5 Å². The SMILES string of the molecule is C=CC(=O)N1C[C@H](N(C)c2nc(OCC34CCCN3CCC4)nc3c(F)c(-c4cccc5cccc(Cl)c45)ncc23)C[C@H]1CC#N. The average Bonchev–Trinajstić information content (AvgIpc) is 3.78. The summed E-state index contributed by atoms with van der Waals surface area (Å²) in [5, 5.41) is 12.0. The Balaban J connectivity index is 1.33. The van der Waals surface area contributed by atoms with Gasteiger partial charge in [0.15, 0.2) is 5.82 Å². The van der Waals surface area contributed by atoms with Crippen LogP contribution in [0.15, 0.2) is 55.3 Å². The maximum Gasteiger partial charge on any atom is 0.319 e. The summed E-state index contributed by atoms with van der Waals surface area (Å²) in [5.41, 5.74) is 0.754. The number of nitriles is 1. The lowest BCUT2D eigenvalue weighted by Crippen LogP contribution is -2.43. The van der Waals surface area contributed by atoms with Gasteiger partial charge < -0.3 is 14.5 Å². The van der Waals surface area contributed by atoms with E-state index in [0.717, 1.165) is 44.2 Å². The number of pyridine rings is 1. The number of benzene rings is 2. The molecule has 3 fully saturated rings. The molecule has 2 aromatic carbocycles. The number of ether oxygens (including phenoxy) is 1. The van der Waals surface area contributed by atoms with Crippen molar-refractivity contribution in [2.75, 3.05) is 38.2 Å². The maximum absolute atomic E-state index is 16.8. The highest BCUT2D eigenvalue weighted by molar-refractivity contribution is 6.36. The highest BCUT2D eigenvalue weighted by atomic mass is 35.5. The standard InChI is InChI=1S/C35H35ClFN7O2/c1-3-28(45)44-20-24(18-23(44)12-15-38)42(2)33-26-19-39-31(25-10-4-8-22-9-5-11-27(36)29(22)25)30(37)32(26)40-34(41-33)46-21-35-13-6-16-43(35)17-7-14-35/h3-5,8-11,19,23-24H,1,6-7,12-14,16-18,20-21H2,2H3/t23-,24-/m1/s1. The van der Waals surface area contributed by atoms with E-state index in [1.54, 1.807) is 17.2 Å². The van der Waals surface area contributed by atoms with Gasteiger partial charge in [0.05, 0.1) is 23.4 Å². The van der Waals surface area contributed by atoms with E-state index in [1.807, 2.05) is 42.3 Å². The molecule has 0 N–H and O–H groups in total. The number of halogens is 2. The molecule has 0 radical (unpaired) electrons. The minimum absolute atomic E-state index is 0.0481. The molecule has 5 heterocycles. The van der Waals surface area contributed by atoms with E-state index in [0.29, 0.717) is 46.7 Å². The zero-order valence-corrected chi connectivity index (χ0v) is 26.5. The van der Waals surface area contributed by atoms with Crippen molar-refractivity contribution >= 4 is 45.0 Å². The Hall–Kier alpha value is -4.33. The molecule has 0 saturated carbocycles. The lowest BCUT2D eigenvalue weighted by molar-refractivity contribution is -0.126. The van der Waals surface area contributed by atoms with E-state index in [2.05, 4.69) is 27.5 Å². The third kappa shape index (κ3) is 5.12. The zero-order valence-electron chi connectivity index (χ0n) is 25.8. The number of hydrogen-bond acceptors (Lipinski definition) is 8. The molecule has 3 aliphatic rings. The van der Waals surface area contributed by atoms with Crippen LogP contribution in [-0.2, 0) is 4.79 Å². The zero-order chi connectivity index (χ0) is 32.0. The summed E-state index contributed by atoms with van der Waals surface area (Å²) in [6, 6.07) is 13.0. The van der Waals surface area contributed by atoms with Gasteiger partial charge in [0.1, 0.15) is 23.6 Å². The first-order valence-electron chi connectivity index (χ1n) is 15.8. The second-order valence-electron chi connectivity index (χ2n) is 12.6. The molecule has 4 aromatic rings. The van der Waals surface area contributed by atoms with Crippen LogP contribution in [0.1, 0.15) is 38.5 Å². The molecule has 2 atom stereocenters. The van der Waals surface area contributed by atoms with Gasteiger partial charge in [-0.05, 0) is 62.7 Å². The smallest absolute Gasteiger partial charge is 0.319 e. The van der Waals surface area contributed by atoms with Crippen molar-refractivity contribution in [1.29, 1.82) is 5.26 Å². The van der Waals surface area contributed by atoms with Crippen LogP contribution in [0.2, 0.25) is 5.02 Å². The minimum Gasteiger partial charge on any atom is -0.461 e. The molecule has 11 heteroatoms. The third-order valence-electron chi connectivity index (χ3n) is 10.1. The van der Waals surface area contributed by atoms with Gasteiger partial charge in [-0.2, -0.15) is 15.2 Å². The molecular formula is C35H35ClFN7O2. The summed E-state index contributed by atoms with van der Waals surface area (Å²) in [6.07, 6.45) is 7.97. The van der Waals surface area contributed by atoms with Crippen molar-refractivity contribution in [3.63, 3.8) is 0 Å². The van der Waals surface area contributed by atoms with Gasteiger partial charge in [0.2, 0.25) is 5.91 Å². The highest BCUT2D eigenvalue weighted by Gasteiger charge is 2.45. The quantitative estimate of drug-likeness (QED) is 0.212. The number of amides is 1. The van der Waals surface area contributed by atoms with Gasteiger partial charge in [-0.1, -0.05) is 48.5 Å². The average molecular weight is 640 g/mol. The second kappa shape index (κ2) is 12.1. The number of nitrogens with zero attached hydrogens (tertiary/aromatic N) is 7. The van der Waals surface area contributed by atoms with E-state index in [-0.39, 0.29) is 47.2 Å². The normalized spacial score (nSPS) is 20.6. The Morgan fingerprint density at radius 2 is 2.00 bits per heavy atom. The van der Waals surface area contributed by atoms with Gasteiger partial charge in [0.25, 0.3) is 0 Å². The molecule has 2 aromatic heterocycles. The monoisotopic (exact) mass is 639 g/mol. The number of fused-ring (bicyclic) bond motifs is 3. The van der Waals surface area contributed by atoms with Crippen LogP contribution >= 0.6 is 11.6 Å². The summed E-state index contributed by atoms with van der Waals surface area (Å²) in [5.74, 6) is -0.365. The molecule has 1 amide bonds. The Morgan fingerprint density at radius 3 is 2.74 bits per heavy atom. The molecule has 9 nitrogen and oxygen atoms in total. The first-order chi connectivity index (χ1) is 22.3. The third-order valence-corrected chi connectivity index (χ3v) is 10.4. The molecule has 0 spiro atoms. The summed E-state index contributed by atoms with van der Waals surface area (Å²) < 4.78 is 23.1. The number of carbonyl (C=O) groups is 1. The Labute approximate surface area is 272 Å². The van der Waals surface area contributed by atoms with Gasteiger partial charge >= 0.3 is 6.01 Å². The number of anilines is 1. The van der Waals surface area contributed by atoms with Crippen molar-refractivity contribution in [3.8, 4) is 23.3 Å². The first kappa shape index (κ1) is 30.3. The minimum atomic E-state index is -0.592. The van der Waals surface area contributed by atoms with Crippen LogP contribution in [0.5, 0.6) is 6.01 Å². The lowest BCUT2D eigenvalue weighted by atomic mass is 9.95. The Kier molecular flexibility index (Phi) is 7.99. The number of carbonyl (C=O) groups excluding carboxylic acids is 1. The second-order valence-corrected chi connectivity index (χ2v) is 13.0. The van der Waals surface area contributed by atoms with Gasteiger partial charge in [0, 0.05) is 47.8 Å². The van der Waals surface area contributed by atoms with Crippen LogP contribution in [0.3, 0.4) is 0 Å². The Bertz CT molecular complexity index is 1880. The van der Waals surface area contributed by atoms with Crippen LogP contribution in [0.25, 0.3) is 32.9 Å². The van der Waals surface area contributed by atoms with E-state index < -0.39 is 5.82 Å². The van der Waals surface area contributed by atoms with Crippen LogP contribution in [0.4, 0.5) is 10.2 Å². The number of hydrogen-bond donors (Lipinski definition) is 0.